The van der Waals surface area contributed by atoms with Crippen molar-refractivity contribution in [2.45, 2.75) is 26.4 Å². The molecule has 4 rings (SSSR count). The standard InChI is InChI=1S/C22H21ClN4O4/c1-3-14-10-18-17(11-16(14)23)24-19-20(26(18)8-9-28)25-22(30)27(21(19)29)12-13-4-6-15(31-2)7-5-13/h4-7,10-11,28H,3,8-9,12H2,1-2H3. The molecule has 0 amide bonds. The Hall–Kier alpha value is -3.23. The van der Waals surface area contributed by atoms with Crippen molar-refractivity contribution in [2.75, 3.05) is 13.7 Å². The third-order valence-corrected chi connectivity index (χ3v) is 5.57. The fourth-order valence-electron chi connectivity index (χ4n) is 3.59. The molecule has 9 heteroatoms. The number of aliphatic hydroxyl groups excluding tert-OH is 1. The molecule has 31 heavy (non-hydrogen) atoms. The Morgan fingerprint density at radius 1 is 1.10 bits per heavy atom. The highest BCUT2D eigenvalue weighted by atomic mass is 35.5. The Labute approximate surface area is 182 Å². The fraction of sp³-hybridized carbons (Fsp3) is 0.273. The van der Waals surface area contributed by atoms with Crippen LogP contribution in [0.2, 0.25) is 5.02 Å². The molecule has 0 aromatic heterocycles. The van der Waals surface area contributed by atoms with Crippen molar-refractivity contribution >= 4 is 22.6 Å². The minimum absolute atomic E-state index is 0.0503. The van der Waals surface area contributed by atoms with Crippen LogP contribution in [0.1, 0.15) is 18.1 Å². The number of hydrogen-bond acceptors (Lipinski definition) is 6. The number of hydrogen-bond donors (Lipinski definition) is 1. The van der Waals surface area contributed by atoms with Crippen LogP contribution >= 0.6 is 11.6 Å². The van der Waals surface area contributed by atoms with Crippen molar-refractivity contribution < 1.29 is 9.84 Å². The van der Waals surface area contributed by atoms with Gasteiger partial charge in [-0.1, -0.05) is 30.7 Å². The van der Waals surface area contributed by atoms with Crippen molar-refractivity contribution in [3.8, 4) is 17.3 Å². The highest BCUT2D eigenvalue weighted by molar-refractivity contribution is 6.32. The van der Waals surface area contributed by atoms with Gasteiger partial charge in [-0.15, -0.1) is 0 Å². The van der Waals surface area contributed by atoms with E-state index in [0.29, 0.717) is 28.2 Å². The molecule has 0 atom stereocenters. The van der Waals surface area contributed by atoms with Gasteiger partial charge < -0.3 is 14.4 Å². The fourth-order valence-corrected chi connectivity index (χ4v) is 3.88. The first kappa shape index (κ1) is 21.0. The van der Waals surface area contributed by atoms with Gasteiger partial charge in [0.2, 0.25) is 0 Å². The summed E-state index contributed by atoms with van der Waals surface area (Å²) in [4.78, 5) is 34.6. The van der Waals surface area contributed by atoms with Gasteiger partial charge in [0, 0.05) is 11.6 Å². The molecule has 2 aliphatic rings. The van der Waals surface area contributed by atoms with Crippen molar-refractivity contribution in [3.05, 3.63) is 73.4 Å². The first-order valence-electron chi connectivity index (χ1n) is 9.84. The molecule has 0 bridgehead atoms. The summed E-state index contributed by atoms with van der Waals surface area (Å²) in [5.41, 5.74) is 1.63. The van der Waals surface area contributed by atoms with Crippen LogP contribution in [-0.2, 0) is 19.5 Å². The Kier molecular flexibility index (Phi) is 5.75. The zero-order valence-electron chi connectivity index (χ0n) is 17.1. The molecule has 0 spiro atoms. The minimum Gasteiger partial charge on any atom is -0.497 e. The summed E-state index contributed by atoms with van der Waals surface area (Å²) in [7, 11) is 1.57. The maximum absolute atomic E-state index is 13.2. The molecule has 2 aliphatic heterocycles. The second-order valence-corrected chi connectivity index (χ2v) is 7.49. The van der Waals surface area contributed by atoms with Crippen molar-refractivity contribution in [1.29, 1.82) is 0 Å². The van der Waals surface area contributed by atoms with Gasteiger partial charge in [0.1, 0.15) is 5.75 Å². The number of methoxy groups -OCH3 is 1. The molecule has 0 fully saturated rings. The quantitative estimate of drug-likeness (QED) is 0.462. The molecule has 2 aromatic rings. The lowest BCUT2D eigenvalue weighted by Gasteiger charge is -2.18. The summed E-state index contributed by atoms with van der Waals surface area (Å²) in [6, 6.07) is 10.6. The highest BCUT2D eigenvalue weighted by Gasteiger charge is 2.22. The van der Waals surface area contributed by atoms with E-state index in [4.69, 9.17) is 16.3 Å². The Morgan fingerprint density at radius 2 is 1.84 bits per heavy atom. The summed E-state index contributed by atoms with van der Waals surface area (Å²) in [6.45, 7) is 2.01. The van der Waals surface area contributed by atoms with E-state index in [9.17, 15) is 14.7 Å². The van der Waals surface area contributed by atoms with Crippen LogP contribution < -0.4 is 16.0 Å². The third kappa shape index (κ3) is 3.80. The molecule has 0 aliphatic carbocycles. The largest absolute Gasteiger partial charge is 0.497 e. The van der Waals surface area contributed by atoms with E-state index < -0.39 is 11.2 Å². The lowest BCUT2D eigenvalue weighted by atomic mass is 10.1. The number of aliphatic hydroxyl groups is 1. The van der Waals surface area contributed by atoms with E-state index >= 15 is 0 Å². The first-order chi connectivity index (χ1) is 15.0. The van der Waals surface area contributed by atoms with Crippen LogP contribution in [0.5, 0.6) is 5.75 Å². The van der Waals surface area contributed by atoms with Crippen LogP contribution in [0.15, 0.2) is 46.0 Å². The molecular formula is C22H21ClN4O4. The molecule has 0 unspecified atom stereocenters. The second kappa shape index (κ2) is 8.49. The Bertz CT molecular complexity index is 1350. The van der Waals surface area contributed by atoms with E-state index in [1.165, 1.54) is 0 Å². The van der Waals surface area contributed by atoms with E-state index in [0.717, 1.165) is 15.7 Å². The number of rotatable bonds is 6. The van der Waals surface area contributed by atoms with Gasteiger partial charge in [-0.3, -0.25) is 9.36 Å². The van der Waals surface area contributed by atoms with Crippen molar-refractivity contribution in [1.82, 2.24) is 19.1 Å². The summed E-state index contributed by atoms with van der Waals surface area (Å²) >= 11 is 6.35. The van der Waals surface area contributed by atoms with Gasteiger partial charge >= 0.3 is 5.69 Å². The molecule has 0 saturated heterocycles. The topological polar surface area (TPSA) is 99.2 Å². The number of fused-ring (bicyclic) bond motifs is 2. The number of nitrogens with zero attached hydrogens (tertiary/aromatic N) is 4. The summed E-state index contributed by atoms with van der Waals surface area (Å²) in [5, 5.41) is 10.1. The van der Waals surface area contributed by atoms with Crippen LogP contribution in [0, 0.1) is 0 Å². The van der Waals surface area contributed by atoms with Crippen LogP contribution in [0.3, 0.4) is 0 Å². The second-order valence-electron chi connectivity index (χ2n) is 7.08. The van der Waals surface area contributed by atoms with E-state index in [2.05, 4.69) is 9.97 Å². The normalized spacial score (nSPS) is 11.4. The van der Waals surface area contributed by atoms with Crippen LogP contribution in [0.4, 0.5) is 0 Å². The minimum atomic E-state index is -0.675. The highest BCUT2D eigenvalue weighted by Crippen LogP contribution is 2.27. The summed E-state index contributed by atoms with van der Waals surface area (Å²) < 4.78 is 7.84. The average Bonchev–Trinajstić information content (AvgIpc) is 2.77. The van der Waals surface area contributed by atoms with Gasteiger partial charge in [0.15, 0.2) is 11.5 Å². The van der Waals surface area contributed by atoms with E-state index in [-0.39, 0.29) is 31.2 Å². The van der Waals surface area contributed by atoms with Gasteiger partial charge in [-0.2, -0.15) is 4.98 Å². The van der Waals surface area contributed by atoms with E-state index in [1.54, 1.807) is 42.0 Å². The summed E-state index contributed by atoms with van der Waals surface area (Å²) in [6.07, 6.45) is 0.704. The van der Waals surface area contributed by atoms with E-state index in [1.807, 2.05) is 13.0 Å². The number of halogens is 1. The van der Waals surface area contributed by atoms with Crippen LogP contribution in [-0.4, -0.2) is 37.9 Å². The van der Waals surface area contributed by atoms with Gasteiger partial charge in [-0.05, 0) is 41.8 Å². The third-order valence-electron chi connectivity index (χ3n) is 5.22. The number of ether oxygens (including phenoxy) is 1. The van der Waals surface area contributed by atoms with Crippen molar-refractivity contribution in [2.24, 2.45) is 0 Å². The molecule has 2 aromatic carbocycles. The molecule has 0 saturated carbocycles. The SMILES string of the molecule is CCc1cc2c(cc1Cl)nc1c(=O)n(Cc3ccc(OC)cc3)c(=O)nc-1n2CCO. The Morgan fingerprint density at radius 3 is 2.48 bits per heavy atom. The van der Waals surface area contributed by atoms with Gasteiger partial charge in [0.05, 0.1) is 31.3 Å². The maximum Gasteiger partial charge on any atom is 0.352 e. The van der Waals surface area contributed by atoms with Gasteiger partial charge in [0.25, 0.3) is 5.56 Å². The number of aryl methyl sites for hydroxylation is 1. The summed E-state index contributed by atoms with van der Waals surface area (Å²) in [5.74, 6) is 0.823. The Balaban J connectivity index is 1.95. The molecule has 0 radical (unpaired) electrons. The lowest BCUT2D eigenvalue weighted by Crippen LogP contribution is -2.39. The predicted octanol–water partition coefficient (Wildman–Crippen LogP) is 2.32. The molecule has 2 heterocycles. The van der Waals surface area contributed by atoms with Gasteiger partial charge in [-0.25, -0.2) is 9.78 Å². The zero-order chi connectivity index (χ0) is 22.1. The molecule has 160 valence electrons. The van der Waals surface area contributed by atoms with Crippen molar-refractivity contribution in [3.63, 3.8) is 0 Å². The lowest BCUT2D eigenvalue weighted by molar-refractivity contribution is 0.277. The monoisotopic (exact) mass is 440 g/mol. The average molecular weight is 441 g/mol. The smallest absolute Gasteiger partial charge is 0.352 e. The predicted molar refractivity (Wildman–Crippen MR) is 118 cm³/mol. The maximum atomic E-state index is 13.2. The molecule has 8 nitrogen and oxygen atoms in total. The first-order valence-corrected chi connectivity index (χ1v) is 10.2. The number of aromatic nitrogens is 4. The molecule has 1 N–H and O–H groups in total. The molecular weight excluding hydrogens is 420 g/mol. The van der Waals surface area contributed by atoms with Crippen LogP contribution in [0.25, 0.3) is 22.6 Å². The number of benzene rings is 2. The zero-order valence-corrected chi connectivity index (χ0v) is 17.9.